The van der Waals surface area contributed by atoms with Crippen molar-refractivity contribution in [2.24, 2.45) is 0 Å². The van der Waals surface area contributed by atoms with Gasteiger partial charge in [-0.25, -0.2) is 4.39 Å². The van der Waals surface area contributed by atoms with E-state index in [0.29, 0.717) is 6.04 Å². The molecule has 0 spiro atoms. The largest absolute Gasteiger partial charge is 0.316 e. The van der Waals surface area contributed by atoms with Crippen LogP contribution in [0.15, 0.2) is 36.4 Å². The molecule has 2 aromatic rings. The number of benzene rings is 2. The number of halogens is 1. The molecule has 1 heterocycles. The van der Waals surface area contributed by atoms with E-state index >= 15 is 0 Å². The molecule has 1 fully saturated rings. The van der Waals surface area contributed by atoms with Gasteiger partial charge in [0.1, 0.15) is 5.82 Å². The topological polar surface area (TPSA) is 15.3 Å². The maximum atomic E-state index is 13.1. The van der Waals surface area contributed by atoms with Crippen molar-refractivity contribution in [1.29, 1.82) is 0 Å². The van der Waals surface area contributed by atoms with E-state index in [2.05, 4.69) is 22.3 Å². The molecule has 1 N–H and O–H groups in total. The van der Waals surface area contributed by atoms with E-state index in [1.807, 2.05) is 19.2 Å². The number of nitrogens with one attached hydrogen (secondary N) is 1. The number of hydrogen-bond acceptors (Lipinski definition) is 2. The highest BCUT2D eigenvalue weighted by Gasteiger charge is 2.20. The van der Waals surface area contributed by atoms with E-state index in [9.17, 15) is 4.39 Å². The molecule has 0 radical (unpaired) electrons. The van der Waals surface area contributed by atoms with Crippen LogP contribution in [-0.4, -0.2) is 31.1 Å². The zero-order valence-electron chi connectivity index (χ0n) is 11.2. The minimum absolute atomic E-state index is 0.170. The first-order valence-electron chi connectivity index (χ1n) is 6.82. The van der Waals surface area contributed by atoms with E-state index in [1.165, 1.54) is 18.1 Å². The van der Waals surface area contributed by atoms with Gasteiger partial charge in [-0.05, 0) is 48.0 Å². The fourth-order valence-corrected chi connectivity index (χ4v) is 2.83. The van der Waals surface area contributed by atoms with Crippen molar-refractivity contribution in [2.45, 2.75) is 19.0 Å². The van der Waals surface area contributed by atoms with Crippen LogP contribution in [0.5, 0.6) is 0 Å². The Morgan fingerprint density at radius 2 is 2.00 bits per heavy atom. The van der Waals surface area contributed by atoms with Crippen LogP contribution in [-0.2, 0) is 6.54 Å². The second-order valence-electron chi connectivity index (χ2n) is 5.34. The number of likely N-dealkylation sites (N-methyl/N-ethyl adjacent to an activating group) is 1. The molecule has 0 aromatic heterocycles. The van der Waals surface area contributed by atoms with E-state index in [1.54, 1.807) is 6.07 Å². The molecular weight excluding hydrogens is 239 g/mol. The fraction of sp³-hybridized carbons (Fsp3) is 0.375. The van der Waals surface area contributed by atoms with Crippen molar-refractivity contribution in [2.75, 3.05) is 20.1 Å². The normalized spacial score (nSPS) is 20.2. The lowest BCUT2D eigenvalue weighted by atomic mass is 10.1. The first kappa shape index (κ1) is 12.6. The smallest absolute Gasteiger partial charge is 0.123 e. The molecule has 1 aliphatic rings. The predicted molar refractivity (Wildman–Crippen MR) is 76.6 cm³/mol. The molecule has 1 aliphatic heterocycles. The number of likely N-dealkylation sites (tertiary alicyclic amines) is 1. The Kier molecular flexibility index (Phi) is 3.49. The summed E-state index contributed by atoms with van der Waals surface area (Å²) >= 11 is 0. The zero-order valence-corrected chi connectivity index (χ0v) is 11.2. The Morgan fingerprint density at radius 3 is 2.79 bits per heavy atom. The van der Waals surface area contributed by atoms with Gasteiger partial charge in [-0.15, -0.1) is 0 Å². The molecule has 1 saturated heterocycles. The molecule has 3 heteroatoms. The van der Waals surface area contributed by atoms with Crippen molar-refractivity contribution in [3.8, 4) is 0 Å². The van der Waals surface area contributed by atoms with Crippen LogP contribution < -0.4 is 5.32 Å². The maximum absolute atomic E-state index is 13.1. The third-order valence-corrected chi connectivity index (χ3v) is 3.95. The number of fused-ring (bicyclic) bond motifs is 1. The summed E-state index contributed by atoms with van der Waals surface area (Å²) in [5.41, 5.74) is 1.30. The van der Waals surface area contributed by atoms with Gasteiger partial charge in [0.2, 0.25) is 0 Å². The highest BCUT2D eigenvalue weighted by molar-refractivity contribution is 5.83. The van der Waals surface area contributed by atoms with Crippen molar-refractivity contribution < 1.29 is 4.39 Å². The summed E-state index contributed by atoms with van der Waals surface area (Å²) in [6.45, 7) is 3.23. The van der Waals surface area contributed by atoms with E-state index < -0.39 is 0 Å². The molecule has 0 amide bonds. The number of hydrogen-bond donors (Lipinski definition) is 1. The van der Waals surface area contributed by atoms with Crippen molar-refractivity contribution in [3.63, 3.8) is 0 Å². The predicted octanol–water partition coefficient (Wildman–Crippen LogP) is 2.77. The van der Waals surface area contributed by atoms with Crippen molar-refractivity contribution in [3.05, 3.63) is 47.8 Å². The Balaban J connectivity index is 1.77. The second kappa shape index (κ2) is 5.27. The molecule has 2 aromatic carbocycles. The molecule has 100 valence electrons. The maximum Gasteiger partial charge on any atom is 0.123 e. The Hall–Kier alpha value is -1.45. The summed E-state index contributed by atoms with van der Waals surface area (Å²) in [4.78, 5) is 2.46. The summed E-state index contributed by atoms with van der Waals surface area (Å²) in [7, 11) is 2.03. The summed E-state index contributed by atoms with van der Waals surface area (Å²) < 4.78 is 13.1. The van der Waals surface area contributed by atoms with Gasteiger partial charge >= 0.3 is 0 Å². The van der Waals surface area contributed by atoms with Crippen molar-refractivity contribution in [1.82, 2.24) is 10.2 Å². The number of nitrogens with zero attached hydrogens (tertiary/aromatic N) is 1. The van der Waals surface area contributed by atoms with Crippen LogP contribution in [0.1, 0.15) is 12.0 Å². The van der Waals surface area contributed by atoms with Crippen LogP contribution in [0.25, 0.3) is 10.8 Å². The summed E-state index contributed by atoms with van der Waals surface area (Å²) in [6, 6.07) is 11.9. The van der Waals surface area contributed by atoms with Gasteiger partial charge in [0.25, 0.3) is 0 Å². The van der Waals surface area contributed by atoms with E-state index in [0.717, 1.165) is 30.4 Å². The average Bonchev–Trinajstić information content (AvgIpc) is 2.86. The van der Waals surface area contributed by atoms with Crippen LogP contribution in [0.3, 0.4) is 0 Å². The molecule has 0 unspecified atom stereocenters. The molecule has 3 rings (SSSR count). The van der Waals surface area contributed by atoms with Crippen LogP contribution in [0.4, 0.5) is 4.39 Å². The summed E-state index contributed by atoms with van der Waals surface area (Å²) in [5, 5.41) is 5.42. The van der Waals surface area contributed by atoms with Gasteiger partial charge in [0.05, 0.1) is 0 Å². The third kappa shape index (κ3) is 2.77. The molecule has 0 bridgehead atoms. The first-order valence-corrected chi connectivity index (χ1v) is 6.82. The fourth-order valence-electron chi connectivity index (χ4n) is 2.83. The third-order valence-electron chi connectivity index (χ3n) is 3.95. The lowest BCUT2D eigenvalue weighted by Crippen LogP contribution is -2.29. The van der Waals surface area contributed by atoms with Crippen LogP contribution in [0, 0.1) is 5.82 Å². The van der Waals surface area contributed by atoms with Gasteiger partial charge in [-0.2, -0.15) is 0 Å². The molecular formula is C16H19FN2. The lowest BCUT2D eigenvalue weighted by molar-refractivity contribution is 0.322. The molecule has 1 atom stereocenters. The van der Waals surface area contributed by atoms with Gasteiger partial charge in [-0.1, -0.05) is 18.2 Å². The zero-order chi connectivity index (χ0) is 13.2. The standard InChI is InChI=1S/C16H19FN2/c1-18-16-6-7-19(11-16)10-12-2-3-14-9-15(17)5-4-13(14)8-12/h2-5,8-9,16,18H,6-7,10-11H2,1H3/t16-/m1/s1. The Labute approximate surface area is 113 Å². The first-order chi connectivity index (χ1) is 9.24. The molecule has 19 heavy (non-hydrogen) atoms. The highest BCUT2D eigenvalue weighted by Crippen LogP contribution is 2.20. The Morgan fingerprint density at radius 1 is 1.21 bits per heavy atom. The average molecular weight is 258 g/mol. The minimum atomic E-state index is -0.170. The van der Waals surface area contributed by atoms with Gasteiger partial charge in [-0.3, -0.25) is 4.90 Å². The van der Waals surface area contributed by atoms with Gasteiger partial charge in [0.15, 0.2) is 0 Å². The monoisotopic (exact) mass is 258 g/mol. The second-order valence-corrected chi connectivity index (χ2v) is 5.34. The van der Waals surface area contributed by atoms with E-state index in [4.69, 9.17) is 0 Å². The molecule has 0 aliphatic carbocycles. The number of rotatable bonds is 3. The van der Waals surface area contributed by atoms with Crippen LogP contribution >= 0.6 is 0 Å². The van der Waals surface area contributed by atoms with Gasteiger partial charge in [0, 0.05) is 25.7 Å². The Bertz CT molecular complexity index is 582. The summed E-state index contributed by atoms with van der Waals surface area (Å²) in [5.74, 6) is -0.170. The minimum Gasteiger partial charge on any atom is -0.316 e. The lowest BCUT2D eigenvalue weighted by Gasteiger charge is -2.16. The van der Waals surface area contributed by atoms with Gasteiger partial charge < -0.3 is 5.32 Å². The van der Waals surface area contributed by atoms with Crippen molar-refractivity contribution >= 4 is 10.8 Å². The van der Waals surface area contributed by atoms with E-state index in [-0.39, 0.29) is 5.82 Å². The summed E-state index contributed by atoms with van der Waals surface area (Å²) in [6.07, 6.45) is 1.22. The SMILES string of the molecule is CN[C@@H]1CCN(Cc2ccc3cc(F)ccc3c2)C1. The van der Waals surface area contributed by atoms with Crippen LogP contribution in [0.2, 0.25) is 0 Å². The molecule has 2 nitrogen and oxygen atoms in total. The quantitative estimate of drug-likeness (QED) is 0.910. The highest BCUT2D eigenvalue weighted by atomic mass is 19.1. The molecule has 0 saturated carbocycles.